The first-order valence-electron chi connectivity index (χ1n) is 11.7. The Labute approximate surface area is 208 Å². The van der Waals surface area contributed by atoms with Gasteiger partial charge in [0.2, 0.25) is 11.7 Å². The molecule has 190 valence electrons. The molecule has 1 atom stereocenters. The van der Waals surface area contributed by atoms with Crippen molar-refractivity contribution in [3.8, 4) is 22.9 Å². The Hall–Kier alpha value is -4.06. The maximum absolute atomic E-state index is 9.82. The van der Waals surface area contributed by atoms with Gasteiger partial charge in [0, 0.05) is 25.7 Å². The second-order valence-electron chi connectivity index (χ2n) is 8.63. The fourth-order valence-electron chi connectivity index (χ4n) is 4.70. The lowest BCUT2D eigenvalue weighted by Gasteiger charge is -2.23. The summed E-state index contributed by atoms with van der Waals surface area (Å²) < 4.78 is 20.0. The highest BCUT2D eigenvalue weighted by Gasteiger charge is 2.28. The number of aliphatic hydroxyl groups is 1. The van der Waals surface area contributed by atoms with Crippen LogP contribution in [0.3, 0.4) is 0 Å². The molecule has 3 aromatic heterocycles. The summed E-state index contributed by atoms with van der Waals surface area (Å²) in [6, 6.07) is 3.70. The van der Waals surface area contributed by atoms with Gasteiger partial charge in [0.05, 0.1) is 56.9 Å². The van der Waals surface area contributed by atoms with Crippen LogP contribution in [0, 0.1) is 6.92 Å². The van der Waals surface area contributed by atoms with Crippen LogP contribution in [0.4, 0.5) is 17.6 Å². The van der Waals surface area contributed by atoms with Crippen molar-refractivity contribution in [2.24, 2.45) is 7.05 Å². The Balaban J connectivity index is 1.53. The zero-order valence-electron chi connectivity index (χ0n) is 21.0. The minimum absolute atomic E-state index is 0.00358. The maximum atomic E-state index is 9.82. The van der Waals surface area contributed by atoms with E-state index < -0.39 is 0 Å². The smallest absolute Gasteiger partial charge is 0.229 e. The zero-order valence-corrected chi connectivity index (χ0v) is 21.0. The number of aryl methyl sites for hydroxylation is 2. The molecule has 0 amide bonds. The second kappa shape index (κ2) is 9.53. The van der Waals surface area contributed by atoms with Crippen molar-refractivity contribution in [2.45, 2.75) is 25.8 Å². The SMILES string of the molecule is COc1cc(-n2cnc(Nc3nc(N4CCCC4CO)nc4c3c(C)nn4C)c2)cc(OC)c1OC. The van der Waals surface area contributed by atoms with Gasteiger partial charge in [0.1, 0.15) is 18.0 Å². The van der Waals surface area contributed by atoms with Gasteiger partial charge in [-0.05, 0) is 19.8 Å². The minimum Gasteiger partial charge on any atom is -0.493 e. The summed E-state index contributed by atoms with van der Waals surface area (Å²) in [7, 11) is 6.60. The summed E-state index contributed by atoms with van der Waals surface area (Å²) in [5.74, 6) is 3.39. The van der Waals surface area contributed by atoms with E-state index in [0.29, 0.717) is 40.5 Å². The maximum Gasteiger partial charge on any atom is 0.229 e. The standard InChI is InChI=1S/C24H30N8O4/c1-14-20-22(27-24(28-23(20)30(2)29-14)32-8-6-7-15(32)12-33)26-19-11-31(13-25-19)16-9-17(34-3)21(36-5)18(10-16)35-4/h9-11,13,15,33H,6-8,12H2,1-5H3,(H,26,27,28). The molecule has 4 aromatic rings. The molecule has 1 fully saturated rings. The van der Waals surface area contributed by atoms with Crippen LogP contribution in [-0.4, -0.2) is 74.9 Å². The number of nitrogens with zero attached hydrogens (tertiary/aromatic N) is 7. The van der Waals surface area contributed by atoms with Gasteiger partial charge >= 0.3 is 0 Å². The fourth-order valence-corrected chi connectivity index (χ4v) is 4.70. The van der Waals surface area contributed by atoms with Crippen LogP contribution in [0.25, 0.3) is 16.7 Å². The molecule has 1 aromatic carbocycles. The first kappa shape index (κ1) is 23.7. The highest BCUT2D eigenvalue weighted by molar-refractivity contribution is 5.91. The van der Waals surface area contributed by atoms with Crippen molar-refractivity contribution in [1.82, 2.24) is 29.3 Å². The van der Waals surface area contributed by atoms with E-state index in [4.69, 9.17) is 24.2 Å². The van der Waals surface area contributed by atoms with Crippen molar-refractivity contribution in [1.29, 1.82) is 0 Å². The average Bonchev–Trinajstić information content (AvgIpc) is 3.62. The third-order valence-electron chi connectivity index (χ3n) is 6.47. The van der Waals surface area contributed by atoms with E-state index in [0.717, 1.165) is 36.2 Å². The van der Waals surface area contributed by atoms with E-state index in [1.54, 1.807) is 32.3 Å². The number of aliphatic hydroxyl groups excluding tert-OH is 1. The van der Waals surface area contributed by atoms with Crippen molar-refractivity contribution < 1.29 is 19.3 Å². The number of fused-ring (bicyclic) bond motifs is 1. The summed E-state index contributed by atoms with van der Waals surface area (Å²) in [6.07, 6.45) is 5.44. The number of aromatic nitrogens is 6. The normalized spacial score (nSPS) is 15.5. The number of ether oxygens (including phenoxy) is 3. The number of rotatable bonds is 8. The molecule has 1 unspecified atom stereocenters. The number of anilines is 3. The third kappa shape index (κ3) is 4.02. The Kier molecular flexibility index (Phi) is 6.27. The molecule has 0 radical (unpaired) electrons. The van der Waals surface area contributed by atoms with Crippen LogP contribution < -0.4 is 24.4 Å². The van der Waals surface area contributed by atoms with Gasteiger partial charge < -0.3 is 34.1 Å². The average molecular weight is 495 g/mol. The lowest BCUT2D eigenvalue weighted by molar-refractivity contribution is 0.265. The van der Waals surface area contributed by atoms with Crippen LogP contribution in [0.15, 0.2) is 24.7 Å². The van der Waals surface area contributed by atoms with Gasteiger partial charge in [-0.3, -0.25) is 0 Å². The first-order chi connectivity index (χ1) is 17.5. The molecule has 1 aliphatic rings. The molecule has 12 nitrogen and oxygen atoms in total. The van der Waals surface area contributed by atoms with Crippen LogP contribution in [0.2, 0.25) is 0 Å². The lowest BCUT2D eigenvalue weighted by Crippen LogP contribution is -2.33. The summed E-state index contributed by atoms with van der Waals surface area (Å²) in [4.78, 5) is 16.2. The van der Waals surface area contributed by atoms with E-state index in [1.165, 1.54) is 0 Å². The molecule has 1 aliphatic heterocycles. The van der Waals surface area contributed by atoms with E-state index in [1.807, 2.05) is 36.9 Å². The van der Waals surface area contributed by atoms with Gasteiger partial charge in [-0.2, -0.15) is 15.1 Å². The van der Waals surface area contributed by atoms with Gasteiger partial charge in [-0.15, -0.1) is 0 Å². The number of benzene rings is 1. The molecular weight excluding hydrogens is 464 g/mol. The molecule has 0 bridgehead atoms. The lowest BCUT2D eigenvalue weighted by atomic mass is 10.2. The van der Waals surface area contributed by atoms with E-state index >= 15 is 0 Å². The number of nitrogens with one attached hydrogen (secondary N) is 1. The largest absolute Gasteiger partial charge is 0.493 e. The van der Waals surface area contributed by atoms with Crippen molar-refractivity contribution in [3.63, 3.8) is 0 Å². The van der Waals surface area contributed by atoms with Gasteiger partial charge in [0.25, 0.3) is 0 Å². The molecule has 12 heteroatoms. The fraction of sp³-hybridized carbons (Fsp3) is 0.417. The molecule has 4 heterocycles. The molecule has 2 N–H and O–H groups in total. The van der Waals surface area contributed by atoms with Crippen molar-refractivity contribution in [2.75, 3.05) is 44.7 Å². The van der Waals surface area contributed by atoms with Crippen molar-refractivity contribution >= 4 is 28.6 Å². The summed E-state index contributed by atoms with van der Waals surface area (Å²) in [6.45, 7) is 2.79. The molecule has 0 aliphatic carbocycles. The number of hydrogen-bond donors (Lipinski definition) is 2. The Bertz CT molecular complexity index is 1370. The van der Waals surface area contributed by atoms with Crippen LogP contribution in [0.1, 0.15) is 18.5 Å². The third-order valence-corrected chi connectivity index (χ3v) is 6.47. The molecular formula is C24H30N8O4. The Morgan fingerprint density at radius 3 is 2.53 bits per heavy atom. The number of imidazole rings is 1. The number of hydrogen-bond acceptors (Lipinski definition) is 10. The summed E-state index contributed by atoms with van der Waals surface area (Å²) in [5, 5.41) is 18.5. The monoisotopic (exact) mass is 494 g/mol. The van der Waals surface area contributed by atoms with Crippen LogP contribution >= 0.6 is 0 Å². The van der Waals surface area contributed by atoms with Crippen LogP contribution in [-0.2, 0) is 7.05 Å². The highest BCUT2D eigenvalue weighted by atomic mass is 16.5. The quantitative estimate of drug-likeness (QED) is 0.378. The van der Waals surface area contributed by atoms with Gasteiger partial charge in [-0.25, -0.2) is 9.67 Å². The second-order valence-corrected chi connectivity index (χ2v) is 8.63. The molecule has 0 spiro atoms. The predicted octanol–water partition coefficient (Wildman–Crippen LogP) is 2.59. The summed E-state index contributed by atoms with van der Waals surface area (Å²) in [5.41, 5.74) is 2.32. The Morgan fingerprint density at radius 2 is 1.86 bits per heavy atom. The highest BCUT2D eigenvalue weighted by Crippen LogP contribution is 2.39. The first-order valence-corrected chi connectivity index (χ1v) is 11.7. The molecule has 0 saturated carbocycles. The van der Waals surface area contributed by atoms with Crippen LogP contribution in [0.5, 0.6) is 17.2 Å². The number of methoxy groups -OCH3 is 3. The topological polar surface area (TPSA) is 125 Å². The zero-order chi connectivity index (χ0) is 25.4. The van der Waals surface area contributed by atoms with E-state index in [9.17, 15) is 5.11 Å². The van der Waals surface area contributed by atoms with Crippen molar-refractivity contribution in [3.05, 3.63) is 30.4 Å². The minimum atomic E-state index is 0.00358. The molecule has 36 heavy (non-hydrogen) atoms. The van der Waals surface area contributed by atoms with E-state index in [-0.39, 0.29) is 12.6 Å². The Morgan fingerprint density at radius 1 is 1.11 bits per heavy atom. The molecule has 1 saturated heterocycles. The van der Waals surface area contributed by atoms with Gasteiger partial charge in [0.15, 0.2) is 17.1 Å². The van der Waals surface area contributed by atoms with E-state index in [2.05, 4.69) is 20.3 Å². The predicted molar refractivity (Wildman–Crippen MR) is 135 cm³/mol. The molecule has 5 rings (SSSR count). The summed E-state index contributed by atoms with van der Waals surface area (Å²) >= 11 is 0. The van der Waals surface area contributed by atoms with Gasteiger partial charge in [-0.1, -0.05) is 0 Å².